The Kier molecular flexibility index (Phi) is 5.78. The highest BCUT2D eigenvalue weighted by atomic mass is 35.5. The molecule has 0 radical (unpaired) electrons. The summed E-state index contributed by atoms with van der Waals surface area (Å²) in [5.74, 6) is -1.25. The van der Waals surface area contributed by atoms with E-state index >= 15 is 0 Å². The number of halogens is 2. The molecule has 0 spiro atoms. The maximum absolute atomic E-state index is 12.3. The number of benzene rings is 2. The van der Waals surface area contributed by atoms with Crippen LogP contribution in [0.1, 0.15) is 17.4 Å². The maximum Gasteiger partial charge on any atom is 0.357 e. The highest BCUT2D eigenvalue weighted by Crippen LogP contribution is 2.30. The first-order valence-electron chi connectivity index (χ1n) is 8.02. The maximum atomic E-state index is 12.3. The minimum atomic E-state index is -1.06. The predicted octanol–water partition coefficient (Wildman–Crippen LogP) is 4.57. The predicted molar refractivity (Wildman–Crippen MR) is 104 cm³/mol. The molecule has 8 heteroatoms. The molecule has 0 aliphatic rings. The number of carbonyl (C=O) groups excluding carboxylic acids is 2. The van der Waals surface area contributed by atoms with Crippen LogP contribution in [0.4, 0.5) is 5.69 Å². The van der Waals surface area contributed by atoms with Gasteiger partial charge in [-0.1, -0.05) is 59.6 Å². The van der Waals surface area contributed by atoms with Crippen molar-refractivity contribution in [2.24, 2.45) is 0 Å². The highest BCUT2D eigenvalue weighted by molar-refractivity contribution is 6.39. The number of para-hydroxylation sites is 1. The molecule has 0 unspecified atom stereocenters. The largest absolute Gasteiger partial charge is 0.448 e. The van der Waals surface area contributed by atoms with E-state index in [1.165, 1.54) is 6.92 Å². The molecule has 6 nitrogen and oxygen atoms in total. The van der Waals surface area contributed by atoms with Gasteiger partial charge in [0.1, 0.15) is 5.69 Å². The van der Waals surface area contributed by atoms with Crippen molar-refractivity contribution in [1.29, 1.82) is 0 Å². The minimum Gasteiger partial charge on any atom is -0.448 e. The van der Waals surface area contributed by atoms with E-state index in [2.05, 4.69) is 15.5 Å². The summed E-state index contributed by atoms with van der Waals surface area (Å²) in [6, 6.07) is 15.8. The zero-order chi connectivity index (χ0) is 19.4. The molecule has 1 heterocycles. The Bertz CT molecular complexity index is 953. The number of amides is 1. The summed E-state index contributed by atoms with van der Waals surface area (Å²) in [4.78, 5) is 24.5. The second-order valence-electron chi connectivity index (χ2n) is 5.67. The molecule has 1 aromatic heterocycles. The van der Waals surface area contributed by atoms with Crippen LogP contribution < -0.4 is 5.32 Å². The molecule has 27 heavy (non-hydrogen) atoms. The quantitative estimate of drug-likeness (QED) is 0.611. The van der Waals surface area contributed by atoms with Crippen molar-refractivity contribution in [3.63, 3.8) is 0 Å². The van der Waals surface area contributed by atoms with Gasteiger partial charge >= 0.3 is 5.97 Å². The second kappa shape index (κ2) is 8.24. The van der Waals surface area contributed by atoms with Gasteiger partial charge in [0, 0.05) is 5.56 Å². The molecule has 0 saturated carbocycles. The Morgan fingerprint density at radius 1 is 1.07 bits per heavy atom. The lowest BCUT2D eigenvalue weighted by Crippen LogP contribution is -2.30. The molecule has 1 atom stereocenters. The lowest BCUT2D eigenvalue weighted by molar-refractivity contribution is -0.123. The van der Waals surface area contributed by atoms with E-state index < -0.39 is 18.0 Å². The summed E-state index contributed by atoms with van der Waals surface area (Å²) in [5, 5.41) is 9.84. The van der Waals surface area contributed by atoms with Crippen LogP contribution >= 0.6 is 23.2 Å². The van der Waals surface area contributed by atoms with Crippen LogP contribution in [-0.2, 0) is 9.53 Å². The SMILES string of the molecule is C[C@H](OC(=O)c1cc(-c2ccccc2)n[nH]1)C(=O)Nc1c(Cl)cccc1Cl. The number of esters is 1. The second-order valence-corrected chi connectivity index (χ2v) is 6.48. The summed E-state index contributed by atoms with van der Waals surface area (Å²) in [7, 11) is 0. The van der Waals surface area contributed by atoms with Crippen molar-refractivity contribution in [2.75, 3.05) is 5.32 Å². The van der Waals surface area contributed by atoms with Crippen LogP contribution in [0, 0.1) is 0 Å². The normalized spacial score (nSPS) is 11.7. The average molecular weight is 404 g/mol. The molecule has 1 amide bonds. The molecule has 3 aromatic rings. The molecule has 0 bridgehead atoms. The van der Waals surface area contributed by atoms with E-state index in [-0.39, 0.29) is 21.4 Å². The third-order valence-corrected chi connectivity index (χ3v) is 4.36. The number of hydrogen-bond donors (Lipinski definition) is 2. The van der Waals surface area contributed by atoms with Gasteiger partial charge < -0.3 is 10.1 Å². The number of nitrogens with zero attached hydrogens (tertiary/aromatic N) is 1. The molecule has 0 aliphatic carbocycles. The first-order chi connectivity index (χ1) is 13.0. The van der Waals surface area contributed by atoms with Gasteiger partial charge in [-0.2, -0.15) is 5.10 Å². The van der Waals surface area contributed by atoms with Crippen molar-refractivity contribution in [2.45, 2.75) is 13.0 Å². The summed E-state index contributed by atoms with van der Waals surface area (Å²) >= 11 is 12.0. The Labute approximate surface area is 165 Å². The van der Waals surface area contributed by atoms with E-state index in [1.807, 2.05) is 30.3 Å². The van der Waals surface area contributed by atoms with Crippen molar-refractivity contribution in [3.05, 3.63) is 70.3 Å². The molecule has 138 valence electrons. The monoisotopic (exact) mass is 403 g/mol. The number of H-pyrrole nitrogens is 1. The van der Waals surface area contributed by atoms with Crippen molar-refractivity contribution >= 4 is 40.8 Å². The fraction of sp³-hybridized carbons (Fsp3) is 0.105. The number of ether oxygens (including phenoxy) is 1. The first kappa shape index (κ1) is 18.9. The van der Waals surface area contributed by atoms with E-state index in [1.54, 1.807) is 24.3 Å². The highest BCUT2D eigenvalue weighted by Gasteiger charge is 2.22. The molecular weight excluding hydrogens is 389 g/mol. The van der Waals surface area contributed by atoms with Crippen molar-refractivity contribution in [1.82, 2.24) is 10.2 Å². The van der Waals surface area contributed by atoms with Gasteiger partial charge in [0.15, 0.2) is 6.10 Å². The Morgan fingerprint density at radius 2 is 1.74 bits per heavy atom. The third-order valence-electron chi connectivity index (χ3n) is 3.73. The van der Waals surface area contributed by atoms with E-state index in [0.29, 0.717) is 5.69 Å². The van der Waals surface area contributed by atoms with E-state index in [4.69, 9.17) is 27.9 Å². The summed E-state index contributed by atoms with van der Waals surface area (Å²) < 4.78 is 5.19. The van der Waals surface area contributed by atoms with Crippen molar-refractivity contribution in [3.8, 4) is 11.3 Å². The fourth-order valence-electron chi connectivity index (χ4n) is 2.30. The number of anilines is 1. The number of hydrogen-bond acceptors (Lipinski definition) is 4. The lowest BCUT2D eigenvalue weighted by atomic mass is 10.1. The van der Waals surface area contributed by atoms with Crippen LogP contribution in [-0.4, -0.2) is 28.2 Å². The number of rotatable bonds is 5. The zero-order valence-corrected chi connectivity index (χ0v) is 15.7. The standard InChI is InChI=1S/C19H15Cl2N3O3/c1-11(18(25)22-17-13(20)8-5-9-14(17)21)27-19(26)16-10-15(23-24-16)12-6-3-2-4-7-12/h2-11H,1H3,(H,22,25)(H,23,24)/t11-/m0/s1. The molecular formula is C19H15Cl2N3O3. The van der Waals surface area contributed by atoms with Crippen LogP contribution in [0.5, 0.6) is 0 Å². The Hall–Kier alpha value is -2.83. The number of carbonyl (C=O) groups is 2. The Morgan fingerprint density at radius 3 is 2.41 bits per heavy atom. The molecule has 2 aromatic carbocycles. The van der Waals surface area contributed by atoms with E-state index in [9.17, 15) is 9.59 Å². The van der Waals surface area contributed by atoms with Gasteiger partial charge in [-0.25, -0.2) is 4.79 Å². The van der Waals surface area contributed by atoms with Gasteiger partial charge in [-0.05, 0) is 25.1 Å². The van der Waals surface area contributed by atoms with Crippen molar-refractivity contribution < 1.29 is 14.3 Å². The molecule has 0 fully saturated rings. The lowest BCUT2D eigenvalue weighted by Gasteiger charge is -2.14. The van der Waals surface area contributed by atoms with Gasteiger partial charge in [0.2, 0.25) is 0 Å². The Balaban J connectivity index is 1.65. The zero-order valence-electron chi connectivity index (χ0n) is 14.2. The molecule has 0 aliphatic heterocycles. The summed E-state index contributed by atoms with van der Waals surface area (Å²) in [6.07, 6.45) is -1.06. The molecule has 0 saturated heterocycles. The fourth-order valence-corrected chi connectivity index (χ4v) is 2.79. The third kappa shape index (κ3) is 4.48. The minimum absolute atomic E-state index is 0.143. The van der Waals surface area contributed by atoms with Crippen LogP contribution in [0.15, 0.2) is 54.6 Å². The van der Waals surface area contributed by atoms with Gasteiger partial charge in [-0.3, -0.25) is 9.89 Å². The number of aromatic nitrogens is 2. The molecule has 3 rings (SSSR count). The van der Waals surface area contributed by atoms with Crippen LogP contribution in [0.2, 0.25) is 10.0 Å². The summed E-state index contributed by atoms with van der Waals surface area (Å²) in [5.41, 5.74) is 1.86. The average Bonchev–Trinajstić information content (AvgIpc) is 3.15. The molecule has 2 N–H and O–H groups in total. The first-order valence-corrected chi connectivity index (χ1v) is 8.78. The topological polar surface area (TPSA) is 84.1 Å². The van der Waals surface area contributed by atoms with Crippen LogP contribution in [0.25, 0.3) is 11.3 Å². The number of aromatic amines is 1. The van der Waals surface area contributed by atoms with E-state index in [0.717, 1.165) is 5.56 Å². The smallest absolute Gasteiger partial charge is 0.357 e. The van der Waals surface area contributed by atoms with Gasteiger partial charge in [0.25, 0.3) is 5.91 Å². The number of nitrogens with one attached hydrogen (secondary N) is 2. The van der Waals surface area contributed by atoms with Gasteiger partial charge in [0.05, 0.1) is 21.4 Å². The summed E-state index contributed by atoms with van der Waals surface area (Å²) in [6.45, 7) is 1.45. The van der Waals surface area contributed by atoms with Gasteiger partial charge in [-0.15, -0.1) is 0 Å². The van der Waals surface area contributed by atoms with Crippen LogP contribution in [0.3, 0.4) is 0 Å².